The molecular weight excluding hydrogens is 122 g/mol. The van der Waals surface area contributed by atoms with E-state index in [2.05, 4.69) is 18.8 Å². The first kappa shape index (κ1) is 9.41. The fraction of sp³-hybridized carbons (Fsp3) is 0.667. The van der Waals surface area contributed by atoms with Crippen LogP contribution in [0.4, 0.5) is 0 Å². The minimum Gasteiger partial charge on any atom is -0.290 e. The molecule has 1 unspecified atom stereocenters. The van der Waals surface area contributed by atoms with E-state index in [0.29, 0.717) is 6.04 Å². The minimum atomic E-state index is 0.487. The second kappa shape index (κ2) is 6.53. The quantitative estimate of drug-likeness (QED) is 0.531. The summed E-state index contributed by atoms with van der Waals surface area (Å²) in [4.78, 5) is 4.29. The number of allylic oxidation sites excluding steroid dienone is 2. The Morgan fingerprint density at radius 2 is 2.20 bits per heavy atom. The first-order chi connectivity index (χ1) is 4.81. The zero-order valence-corrected chi connectivity index (χ0v) is 7.17. The second-order valence-corrected chi connectivity index (χ2v) is 2.46. The molecule has 1 nitrogen and oxygen atoms in total. The van der Waals surface area contributed by atoms with E-state index in [0.717, 1.165) is 0 Å². The third-order valence-corrected chi connectivity index (χ3v) is 1.33. The van der Waals surface area contributed by atoms with Gasteiger partial charge in [-0.15, -0.1) is 0 Å². The zero-order valence-electron chi connectivity index (χ0n) is 7.17. The number of rotatable bonds is 4. The minimum absolute atomic E-state index is 0.487. The Morgan fingerprint density at radius 3 is 2.70 bits per heavy atom. The second-order valence-electron chi connectivity index (χ2n) is 2.46. The largest absolute Gasteiger partial charge is 0.290 e. The molecule has 1 heteroatoms. The SMILES string of the molecule is C/C=C\C=NC(C)CCC. The maximum atomic E-state index is 4.29. The summed E-state index contributed by atoms with van der Waals surface area (Å²) in [5.74, 6) is 0. The predicted molar refractivity (Wildman–Crippen MR) is 47.7 cm³/mol. The molecule has 0 amide bonds. The van der Waals surface area contributed by atoms with Crippen LogP contribution in [0.3, 0.4) is 0 Å². The molecule has 0 N–H and O–H groups in total. The highest BCUT2D eigenvalue weighted by Crippen LogP contribution is 1.98. The molecule has 0 rings (SSSR count). The highest BCUT2D eigenvalue weighted by molar-refractivity contribution is 5.70. The fourth-order valence-corrected chi connectivity index (χ4v) is 0.775. The Morgan fingerprint density at radius 1 is 1.50 bits per heavy atom. The van der Waals surface area contributed by atoms with Crippen LogP contribution in [0, 0.1) is 0 Å². The molecule has 0 spiro atoms. The van der Waals surface area contributed by atoms with Gasteiger partial charge in [0.15, 0.2) is 0 Å². The van der Waals surface area contributed by atoms with Crippen LogP contribution in [-0.2, 0) is 0 Å². The van der Waals surface area contributed by atoms with Gasteiger partial charge in [-0.3, -0.25) is 4.99 Å². The van der Waals surface area contributed by atoms with Crippen molar-refractivity contribution in [1.82, 2.24) is 0 Å². The van der Waals surface area contributed by atoms with Crippen molar-refractivity contribution in [2.24, 2.45) is 4.99 Å². The maximum absolute atomic E-state index is 4.29. The molecule has 58 valence electrons. The van der Waals surface area contributed by atoms with Gasteiger partial charge in [-0.1, -0.05) is 19.4 Å². The standard InChI is InChI=1S/C9H17N/c1-4-6-8-10-9(3)7-5-2/h4,6,8-9H,5,7H2,1-3H3/b6-4-,10-8?. The van der Waals surface area contributed by atoms with Crippen molar-refractivity contribution in [2.75, 3.05) is 0 Å². The number of aliphatic imine (C=N–C) groups is 1. The summed E-state index contributed by atoms with van der Waals surface area (Å²) in [6.07, 6.45) is 8.23. The van der Waals surface area contributed by atoms with Crippen molar-refractivity contribution in [1.29, 1.82) is 0 Å². The van der Waals surface area contributed by atoms with Gasteiger partial charge in [0.1, 0.15) is 0 Å². The fourth-order valence-electron chi connectivity index (χ4n) is 0.775. The van der Waals surface area contributed by atoms with Crippen LogP contribution in [0.5, 0.6) is 0 Å². The third kappa shape index (κ3) is 5.54. The molecule has 0 aliphatic rings. The average molecular weight is 139 g/mol. The van der Waals surface area contributed by atoms with Gasteiger partial charge in [-0.25, -0.2) is 0 Å². The lowest BCUT2D eigenvalue weighted by Crippen LogP contribution is -1.95. The summed E-state index contributed by atoms with van der Waals surface area (Å²) in [6, 6.07) is 0.487. The Balaban J connectivity index is 3.44. The summed E-state index contributed by atoms with van der Waals surface area (Å²) >= 11 is 0. The van der Waals surface area contributed by atoms with Crippen LogP contribution in [0.2, 0.25) is 0 Å². The molecule has 0 aromatic heterocycles. The summed E-state index contributed by atoms with van der Waals surface area (Å²) < 4.78 is 0. The zero-order chi connectivity index (χ0) is 7.82. The van der Waals surface area contributed by atoms with Crippen molar-refractivity contribution in [3.05, 3.63) is 12.2 Å². The van der Waals surface area contributed by atoms with E-state index >= 15 is 0 Å². The highest BCUT2D eigenvalue weighted by Gasteiger charge is 1.91. The van der Waals surface area contributed by atoms with Gasteiger partial charge in [0.25, 0.3) is 0 Å². The van der Waals surface area contributed by atoms with Crippen LogP contribution >= 0.6 is 0 Å². The molecule has 0 bridgehead atoms. The normalized spacial score (nSPS) is 15.1. The van der Waals surface area contributed by atoms with Gasteiger partial charge < -0.3 is 0 Å². The Kier molecular flexibility index (Phi) is 6.14. The molecule has 1 atom stereocenters. The predicted octanol–water partition coefficient (Wildman–Crippen LogP) is 2.82. The van der Waals surface area contributed by atoms with Crippen molar-refractivity contribution >= 4 is 6.21 Å². The Hall–Kier alpha value is -0.590. The lowest BCUT2D eigenvalue weighted by atomic mass is 10.2. The van der Waals surface area contributed by atoms with E-state index in [-0.39, 0.29) is 0 Å². The van der Waals surface area contributed by atoms with Crippen LogP contribution < -0.4 is 0 Å². The molecular formula is C9H17N. The molecule has 0 radical (unpaired) electrons. The van der Waals surface area contributed by atoms with Crippen LogP contribution in [0.1, 0.15) is 33.6 Å². The van der Waals surface area contributed by atoms with E-state index in [1.165, 1.54) is 12.8 Å². The average Bonchev–Trinajstić information content (AvgIpc) is 1.89. The van der Waals surface area contributed by atoms with Crippen molar-refractivity contribution < 1.29 is 0 Å². The molecule has 0 aliphatic carbocycles. The molecule has 0 heterocycles. The van der Waals surface area contributed by atoms with Crippen LogP contribution in [0.25, 0.3) is 0 Å². The summed E-state index contributed by atoms with van der Waals surface area (Å²) in [5.41, 5.74) is 0. The summed E-state index contributed by atoms with van der Waals surface area (Å²) in [5, 5.41) is 0. The van der Waals surface area contributed by atoms with Crippen molar-refractivity contribution in [3.8, 4) is 0 Å². The van der Waals surface area contributed by atoms with E-state index in [1.54, 1.807) is 0 Å². The molecule has 0 aliphatic heterocycles. The monoisotopic (exact) mass is 139 g/mol. The molecule has 0 saturated heterocycles. The van der Waals surface area contributed by atoms with Gasteiger partial charge in [-0.2, -0.15) is 0 Å². The van der Waals surface area contributed by atoms with E-state index in [4.69, 9.17) is 0 Å². The lowest BCUT2D eigenvalue weighted by molar-refractivity contribution is 0.657. The van der Waals surface area contributed by atoms with E-state index in [9.17, 15) is 0 Å². The van der Waals surface area contributed by atoms with Gasteiger partial charge in [0.2, 0.25) is 0 Å². The smallest absolute Gasteiger partial charge is 0.0471 e. The van der Waals surface area contributed by atoms with Gasteiger partial charge >= 0.3 is 0 Å². The van der Waals surface area contributed by atoms with Gasteiger partial charge in [-0.05, 0) is 26.3 Å². The van der Waals surface area contributed by atoms with Crippen LogP contribution in [-0.4, -0.2) is 12.3 Å². The lowest BCUT2D eigenvalue weighted by Gasteiger charge is -2.00. The third-order valence-electron chi connectivity index (χ3n) is 1.33. The first-order valence-corrected chi connectivity index (χ1v) is 3.95. The van der Waals surface area contributed by atoms with Crippen LogP contribution in [0.15, 0.2) is 17.1 Å². The molecule has 0 fully saturated rings. The number of nitrogens with zero attached hydrogens (tertiary/aromatic N) is 1. The Labute approximate surface area is 63.9 Å². The van der Waals surface area contributed by atoms with Gasteiger partial charge in [0, 0.05) is 12.3 Å². The van der Waals surface area contributed by atoms with E-state index in [1.807, 2.05) is 25.3 Å². The molecule has 10 heavy (non-hydrogen) atoms. The summed E-state index contributed by atoms with van der Waals surface area (Å²) in [6.45, 7) is 6.32. The molecule has 0 aromatic rings. The number of hydrogen-bond acceptors (Lipinski definition) is 1. The van der Waals surface area contributed by atoms with Gasteiger partial charge in [0.05, 0.1) is 0 Å². The number of hydrogen-bond donors (Lipinski definition) is 0. The van der Waals surface area contributed by atoms with Crippen molar-refractivity contribution in [3.63, 3.8) is 0 Å². The molecule has 0 saturated carbocycles. The maximum Gasteiger partial charge on any atom is 0.0471 e. The Bertz CT molecular complexity index is 114. The van der Waals surface area contributed by atoms with Crippen molar-refractivity contribution in [2.45, 2.75) is 39.7 Å². The molecule has 0 aromatic carbocycles. The first-order valence-electron chi connectivity index (χ1n) is 3.95. The topological polar surface area (TPSA) is 12.4 Å². The van der Waals surface area contributed by atoms with E-state index < -0.39 is 0 Å². The summed E-state index contributed by atoms with van der Waals surface area (Å²) in [7, 11) is 0. The highest BCUT2D eigenvalue weighted by atomic mass is 14.7.